The third kappa shape index (κ3) is 3.46. The minimum atomic E-state index is -0.334. The second kappa shape index (κ2) is 6.36. The van der Waals surface area contributed by atoms with Crippen molar-refractivity contribution in [2.45, 2.75) is 13.0 Å². The SMILES string of the molecule is CCOC(=O)[C@H]1CNC[C@@H]1NC(=O)c1ccc(Cl)s1. The summed E-state index contributed by atoms with van der Waals surface area (Å²) in [7, 11) is 0. The summed E-state index contributed by atoms with van der Waals surface area (Å²) in [5.41, 5.74) is 0. The molecule has 2 atom stereocenters. The predicted octanol–water partition coefficient (Wildman–Crippen LogP) is 1.28. The monoisotopic (exact) mass is 302 g/mol. The summed E-state index contributed by atoms with van der Waals surface area (Å²) >= 11 is 7.01. The Kier molecular flexibility index (Phi) is 4.79. The normalized spacial score (nSPS) is 22.2. The molecule has 0 aliphatic carbocycles. The fourth-order valence-corrected chi connectivity index (χ4v) is 2.95. The number of rotatable bonds is 4. The maximum Gasteiger partial charge on any atom is 0.312 e. The van der Waals surface area contributed by atoms with Crippen LogP contribution in [0, 0.1) is 5.92 Å². The first-order chi connectivity index (χ1) is 9.11. The topological polar surface area (TPSA) is 67.4 Å². The molecule has 19 heavy (non-hydrogen) atoms. The molecule has 0 radical (unpaired) electrons. The Morgan fingerprint density at radius 1 is 1.53 bits per heavy atom. The molecule has 0 unspecified atom stereocenters. The van der Waals surface area contributed by atoms with Crippen molar-refractivity contribution in [1.82, 2.24) is 10.6 Å². The van der Waals surface area contributed by atoms with Crippen LogP contribution in [0.4, 0.5) is 0 Å². The van der Waals surface area contributed by atoms with Crippen LogP contribution in [0.25, 0.3) is 0 Å². The van der Waals surface area contributed by atoms with Crippen LogP contribution in [0.2, 0.25) is 4.34 Å². The number of halogens is 1. The molecule has 1 amide bonds. The first kappa shape index (κ1) is 14.3. The van der Waals surface area contributed by atoms with Crippen molar-refractivity contribution in [2.75, 3.05) is 19.7 Å². The van der Waals surface area contributed by atoms with Crippen LogP contribution in [0.1, 0.15) is 16.6 Å². The molecule has 2 N–H and O–H groups in total. The maximum absolute atomic E-state index is 12.0. The minimum Gasteiger partial charge on any atom is -0.466 e. The summed E-state index contributed by atoms with van der Waals surface area (Å²) < 4.78 is 5.57. The summed E-state index contributed by atoms with van der Waals surface area (Å²) in [5.74, 6) is -0.818. The van der Waals surface area contributed by atoms with Crippen molar-refractivity contribution >= 4 is 34.8 Å². The Hall–Kier alpha value is -1.11. The standard InChI is InChI=1S/C12H15ClN2O3S/c1-2-18-12(17)7-5-14-6-8(7)15-11(16)9-3-4-10(13)19-9/h3-4,7-8,14H,2,5-6H2,1H3,(H,15,16)/t7-,8-/m0/s1. The molecule has 0 bridgehead atoms. The van der Waals surface area contributed by atoms with E-state index in [9.17, 15) is 9.59 Å². The van der Waals surface area contributed by atoms with E-state index >= 15 is 0 Å². The van der Waals surface area contributed by atoms with Gasteiger partial charge in [0.25, 0.3) is 5.91 Å². The smallest absolute Gasteiger partial charge is 0.312 e. The van der Waals surface area contributed by atoms with Crippen LogP contribution < -0.4 is 10.6 Å². The lowest BCUT2D eigenvalue weighted by Crippen LogP contribution is -2.43. The van der Waals surface area contributed by atoms with Gasteiger partial charge >= 0.3 is 5.97 Å². The van der Waals surface area contributed by atoms with Gasteiger partial charge in [0.05, 0.1) is 27.8 Å². The zero-order valence-corrected chi connectivity index (χ0v) is 12.0. The number of carbonyl (C=O) groups excluding carboxylic acids is 2. The second-order valence-corrected chi connectivity index (χ2v) is 5.92. The highest BCUT2D eigenvalue weighted by Gasteiger charge is 2.35. The molecular weight excluding hydrogens is 288 g/mol. The van der Waals surface area contributed by atoms with Gasteiger partial charge < -0.3 is 15.4 Å². The molecule has 1 aromatic heterocycles. The van der Waals surface area contributed by atoms with Gasteiger partial charge in [-0.3, -0.25) is 9.59 Å². The van der Waals surface area contributed by atoms with Gasteiger partial charge in [0, 0.05) is 13.1 Å². The first-order valence-corrected chi connectivity index (χ1v) is 7.24. The minimum absolute atomic E-state index is 0.208. The number of ether oxygens (including phenoxy) is 1. The number of carbonyl (C=O) groups is 2. The fourth-order valence-electron chi connectivity index (χ4n) is 2.00. The Labute approximate surface area is 120 Å². The van der Waals surface area contributed by atoms with Crippen molar-refractivity contribution in [3.8, 4) is 0 Å². The van der Waals surface area contributed by atoms with Crippen LogP contribution in [0.5, 0.6) is 0 Å². The Morgan fingerprint density at radius 2 is 2.32 bits per heavy atom. The number of esters is 1. The molecular formula is C12H15ClN2O3S. The van der Waals surface area contributed by atoms with E-state index < -0.39 is 0 Å². The van der Waals surface area contributed by atoms with E-state index in [-0.39, 0.29) is 23.8 Å². The van der Waals surface area contributed by atoms with E-state index in [1.165, 1.54) is 11.3 Å². The molecule has 1 aliphatic rings. The number of hydrogen-bond donors (Lipinski definition) is 2. The highest BCUT2D eigenvalue weighted by molar-refractivity contribution is 7.17. The molecule has 5 nitrogen and oxygen atoms in total. The maximum atomic E-state index is 12.0. The quantitative estimate of drug-likeness (QED) is 0.822. The van der Waals surface area contributed by atoms with Gasteiger partial charge in [-0.05, 0) is 19.1 Å². The molecule has 0 saturated carbocycles. The van der Waals surface area contributed by atoms with E-state index in [0.717, 1.165) is 0 Å². The van der Waals surface area contributed by atoms with Gasteiger partial charge in [0.1, 0.15) is 0 Å². The van der Waals surface area contributed by atoms with Crippen LogP contribution in [0.3, 0.4) is 0 Å². The fraction of sp³-hybridized carbons (Fsp3) is 0.500. The van der Waals surface area contributed by atoms with Crippen molar-refractivity contribution in [1.29, 1.82) is 0 Å². The van der Waals surface area contributed by atoms with Crippen LogP contribution in [-0.2, 0) is 9.53 Å². The molecule has 1 saturated heterocycles. The summed E-state index contributed by atoms with van der Waals surface area (Å²) in [6, 6.07) is 3.11. The van der Waals surface area contributed by atoms with Crippen LogP contribution >= 0.6 is 22.9 Å². The number of hydrogen-bond acceptors (Lipinski definition) is 5. The summed E-state index contributed by atoms with van der Waals surface area (Å²) in [6.45, 7) is 3.20. The summed E-state index contributed by atoms with van der Waals surface area (Å²) in [5, 5.41) is 5.93. The molecule has 7 heteroatoms. The van der Waals surface area contributed by atoms with Gasteiger partial charge in [-0.15, -0.1) is 11.3 Å². The zero-order valence-electron chi connectivity index (χ0n) is 10.4. The molecule has 2 heterocycles. The summed E-state index contributed by atoms with van der Waals surface area (Å²) in [4.78, 5) is 24.3. The van der Waals surface area contributed by atoms with Gasteiger partial charge in [-0.25, -0.2) is 0 Å². The molecule has 0 spiro atoms. The van der Waals surface area contributed by atoms with E-state index in [2.05, 4.69) is 10.6 Å². The first-order valence-electron chi connectivity index (χ1n) is 6.05. The summed E-state index contributed by atoms with van der Waals surface area (Å²) in [6.07, 6.45) is 0. The molecule has 1 fully saturated rings. The van der Waals surface area contributed by atoms with Crippen LogP contribution in [0.15, 0.2) is 12.1 Å². The largest absolute Gasteiger partial charge is 0.466 e. The van der Waals surface area contributed by atoms with Gasteiger partial charge in [0.2, 0.25) is 0 Å². The lowest BCUT2D eigenvalue weighted by molar-refractivity contribution is -0.147. The van der Waals surface area contributed by atoms with Crippen molar-refractivity contribution in [3.05, 3.63) is 21.3 Å². The zero-order chi connectivity index (χ0) is 13.8. The van der Waals surface area contributed by atoms with Crippen molar-refractivity contribution in [2.24, 2.45) is 5.92 Å². The Balaban J connectivity index is 1.97. The molecule has 1 aromatic rings. The van der Waals surface area contributed by atoms with Gasteiger partial charge in [-0.2, -0.15) is 0 Å². The van der Waals surface area contributed by atoms with Gasteiger partial charge in [0.15, 0.2) is 0 Å². The third-order valence-corrected chi connectivity index (χ3v) is 4.15. The van der Waals surface area contributed by atoms with Crippen molar-refractivity contribution in [3.63, 3.8) is 0 Å². The van der Waals surface area contributed by atoms with Crippen molar-refractivity contribution < 1.29 is 14.3 Å². The lowest BCUT2D eigenvalue weighted by atomic mass is 10.0. The predicted molar refractivity (Wildman–Crippen MR) is 73.6 cm³/mol. The Bertz CT molecular complexity index is 477. The van der Waals surface area contributed by atoms with Gasteiger partial charge in [-0.1, -0.05) is 11.6 Å². The third-order valence-electron chi connectivity index (χ3n) is 2.92. The molecule has 1 aliphatic heterocycles. The lowest BCUT2D eigenvalue weighted by Gasteiger charge is -2.18. The Morgan fingerprint density at radius 3 is 2.95 bits per heavy atom. The molecule has 104 valence electrons. The van der Waals surface area contributed by atoms with Crippen LogP contribution in [-0.4, -0.2) is 37.6 Å². The number of amides is 1. The highest BCUT2D eigenvalue weighted by Crippen LogP contribution is 2.22. The average molecular weight is 303 g/mol. The molecule has 2 rings (SSSR count). The van der Waals surface area contributed by atoms with E-state index in [1.807, 2.05) is 0 Å². The average Bonchev–Trinajstić information content (AvgIpc) is 2.98. The van der Waals surface area contributed by atoms with E-state index in [1.54, 1.807) is 19.1 Å². The number of nitrogens with one attached hydrogen (secondary N) is 2. The van der Waals surface area contributed by atoms with E-state index in [0.29, 0.717) is 28.9 Å². The number of thiophene rings is 1. The highest BCUT2D eigenvalue weighted by atomic mass is 35.5. The second-order valence-electron chi connectivity index (χ2n) is 4.20. The molecule has 0 aromatic carbocycles. The van der Waals surface area contributed by atoms with E-state index in [4.69, 9.17) is 16.3 Å².